The van der Waals surface area contributed by atoms with Crippen LogP contribution >= 0.6 is 0 Å². The molecule has 1 amide bonds. The summed E-state index contributed by atoms with van der Waals surface area (Å²) < 4.78 is 2.09. The Labute approximate surface area is 137 Å². The minimum Gasteiger partial charge on any atom is -0.350 e. The Morgan fingerprint density at radius 1 is 1.04 bits per heavy atom. The van der Waals surface area contributed by atoms with E-state index in [1.54, 1.807) is 0 Å². The summed E-state index contributed by atoms with van der Waals surface area (Å²) in [5.74, 6) is 0.174. The number of carbonyl (C=O) groups excluding carboxylic acids is 1. The lowest BCUT2D eigenvalue weighted by Crippen LogP contribution is -2.31. The Morgan fingerprint density at radius 3 is 2.48 bits per heavy atom. The number of nitrogens with zero attached hydrogens (tertiary/aromatic N) is 2. The number of aryl methyl sites for hydroxylation is 1. The van der Waals surface area contributed by atoms with Gasteiger partial charge in [0.25, 0.3) is 0 Å². The normalized spacial score (nSPS) is 10.9. The first-order valence-corrected chi connectivity index (χ1v) is 8.03. The van der Waals surface area contributed by atoms with Crippen LogP contribution in [0.2, 0.25) is 0 Å². The summed E-state index contributed by atoms with van der Waals surface area (Å²) in [4.78, 5) is 14.6. The SMILES string of the molecule is CCN(Cc1ccccc1)C(=O)Cc1cn(C)c2ccccc12. The number of hydrogen-bond acceptors (Lipinski definition) is 1. The fourth-order valence-corrected chi connectivity index (χ4v) is 3.02. The van der Waals surface area contributed by atoms with E-state index in [0.717, 1.165) is 12.1 Å². The molecule has 0 spiro atoms. The minimum atomic E-state index is 0.174. The van der Waals surface area contributed by atoms with Crippen LogP contribution in [0, 0.1) is 0 Å². The smallest absolute Gasteiger partial charge is 0.227 e. The second-order valence-electron chi connectivity index (χ2n) is 5.85. The Hall–Kier alpha value is -2.55. The van der Waals surface area contributed by atoms with Gasteiger partial charge < -0.3 is 9.47 Å². The molecule has 118 valence electrons. The summed E-state index contributed by atoms with van der Waals surface area (Å²) in [5, 5.41) is 1.17. The molecule has 0 aliphatic heterocycles. The van der Waals surface area contributed by atoms with Gasteiger partial charge in [0.15, 0.2) is 0 Å². The van der Waals surface area contributed by atoms with Crippen molar-refractivity contribution in [2.24, 2.45) is 7.05 Å². The molecule has 3 aromatic rings. The van der Waals surface area contributed by atoms with E-state index < -0.39 is 0 Å². The third-order valence-electron chi connectivity index (χ3n) is 4.27. The van der Waals surface area contributed by atoms with Crippen molar-refractivity contribution >= 4 is 16.8 Å². The molecule has 0 N–H and O–H groups in total. The molecule has 23 heavy (non-hydrogen) atoms. The molecular weight excluding hydrogens is 284 g/mol. The molecule has 0 aliphatic rings. The highest BCUT2D eigenvalue weighted by atomic mass is 16.2. The van der Waals surface area contributed by atoms with Crippen LogP contribution in [0.3, 0.4) is 0 Å². The van der Waals surface area contributed by atoms with Gasteiger partial charge in [-0.05, 0) is 24.1 Å². The minimum absolute atomic E-state index is 0.174. The first-order valence-electron chi connectivity index (χ1n) is 8.03. The van der Waals surface area contributed by atoms with Crippen molar-refractivity contribution in [3.05, 3.63) is 71.9 Å². The lowest BCUT2D eigenvalue weighted by molar-refractivity contribution is -0.130. The maximum Gasteiger partial charge on any atom is 0.227 e. The van der Waals surface area contributed by atoms with Gasteiger partial charge >= 0.3 is 0 Å². The van der Waals surface area contributed by atoms with Crippen molar-refractivity contribution < 1.29 is 4.79 Å². The van der Waals surface area contributed by atoms with Crippen LogP contribution in [0.25, 0.3) is 10.9 Å². The fraction of sp³-hybridized carbons (Fsp3) is 0.250. The number of fused-ring (bicyclic) bond motifs is 1. The van der Waals surface area contributed by atoms with Gasteiger partial charge in [-0.1, -0.05) is 48.5 Å². The molecule has 2 aromatic carbocycles. The van der Waals surface area contributed by atoms with E-state index in [-0.39, 0.29) is 5.91 Å². The van der Waals surface area contributed by atoms with Crippen LogP contribution in [-0.4, -0.2) is 21.9 Å². The number of likely N-dealkylation sites (N-methyl/N-ethyl adjacent to an activating group) is 1. The molecule has 0 bridgehead atoms. The van der Waals surface area contributed by atoms with E-state index in [1.165, 1.54) is 16.5 Å². The maximum absolute atomic E-state index is 12.7. The zero-order valence-electron chi connectivity index (χ0n) is 13.7. The van der Waals surface area contributed by atoms with Crippen molar-refractivity contribution in [3.8, 4) is 0 Å². The second-order valence-corrected chi connectivity index (χ2v) is 5.85. The van der Waals surface area contributed by atoms with Crippen LogP contribution in [-0.2, 0) is 24.8 Å². The molecule has 0 radical (unpaired) electrons. The third-order valence-corrected chi connectivity index (χ3v) is 4.27. The summed E-state index contributed by atoms with van der Waals surface area (Å²) in [6.45, 7) is 3.42. The van der Waals surface area contributed by atoms with Crippen LogP contribution in [0.1, 0.15) is 18.1 Å². The highest BCUT2D eigenvalue weighted by molar-refractivity contribution is 5.89. The number of rotatable bonds is 5. The van der Waals surface area contributed by atoms with E-state index in [2.05, 4.69) is 35.0 Å². The maximum atomic E-state index is 12.7. The van der Waals surface area contributed by atoms with Crippen molar-refractivity contribution in [1.29, 1.82) is 0 Å². The Morgan fingerprint density at radius 2 is 1.74 bits per heavy atom. The van der Waals surface area contributed by atoms with E-state index in [0.29, 0.717) is 13.0 Å². The number of carbonyl (C=O) groups is 1. The van der Waals surface area contributed by atoms with Gasteiger partial charge in [-0.25, -0.2) is 0 Å². The van der Waals surface area contributed by atoms with Crippen LogP contribution in [0.5, 0.6) is 0 Å². The number of para-hydroxylation sites is 1. The van der Waals surface area contributed by atoms with Crippen LogP contribution in [0.4, 0.5) is 0 Å². The Balaban J connectivity index is 1.79. The number of amides is 1. The summed E-state index contributed by atoms with van der Waals surface area (Å²) in [6, 6.07) is 18.4. The molecule has 3 heteroatoms. The highest BCUT2D eigenvalue weighted by Gasteiger charge is 2.15. The average Bonchev–Trinajstić information content (AvgIpc) is 2.90. The van der Waals surface area contributed by atoms with E-state index in [1.807, 2.05) is 49.2 Å². The molecule has 0 saturated carbocycles. The zero-order chi connectivity index (χ0) is 16.2. The molecule has 1 aromatic heterocycles. The lowest BCUT2D eigenvalue weighted by Gasteiger charge is -2.21. The molecule has 0 fully saturated rings. The van der Waals surface area contributed by atoms with Gasteiger partial charge in [0.05, 0.1) is 6.42 Å². The highest BCUT2D eigenvalue weighted by Crippen LogP contribution is 2.21. The van der Waals surface area contributed by atoms with Crippen LogP contribution in [0.15, 0.2) is 60.8 Å². The van der Waals surface area contributed by atoms with Gasteiger partial charge in [0.2, 0.25) is 5.91 Å². The third kappa shape index (κ3) is 3.29. The molecule has 3 nitrogen and oxygen atoms in total. The predicted molar refractivity (Wildman–Crippen MR) is 94.2 cm³/mol. The summed E-state index contributed by atoms with van der Waals surface area (Å²) >= 11 is 0. The standard InChI is InChI=1S/C20H22N2O/c1-3-22(14-16-9-5-4-6-10-16)20(23)13-17-15-21(2)19-12-8-7-11-18(17)19/h4-12,15H,3,13-14H2,1-2H3. The van der Waals surface area contributed by atoms with Gasteiger partial charge in [-0.2, -0.15) is 0 Å². The Bertz CT molecular complexity index is 805. The van der Waals surface area contributed by atoms with Crippen LogP contribution < -0.4 is 0 Å². The molecule has 0 saturated heterocycles. The monoisotopic (exact) mass is 306 g/mol. The van der Waals surface area contributed by atoms with E-state index >= 15 is 0 Å². The topological polar surface area (TPSA) is 25.2 Å². The zero-order valence-corrected chi connectivity index (χ0v) is 13.7. The van der Waals surface area contributed by atoms with Crippen molar-refractivity contribution in [2.75, 3.05) is 6.54 Å². The Kier molecular flexibility index (Phi) is 4.47. The first-order chi connectivity index (χ1) is 11.2. The average molecular weight is 306 g/mol. The molecule has 0 unspecified atom stereocenters. The predicted octanol–water partition coefficient (Wildman–Crippen LogP) is 3.77. The van der Waals surface area contributed by atoms with Crippen molar-refractivity contribution in [3.63, 3.8) is 0 Å². The molecular formula is C20H22N2O. The quantitative estimate of drug-likeness (QED) is 0.704. The number of benzene rings is 2. The largest absolute Gasteiger partial charge is 0.350 e. The molecule has 3 rings (SSSR count). The molecule has 0 aliphatic carbocycles. The number of hydrogen-bond donors (Lipinski definition) is 0. The summed E-state index contributed by atoms with van der Waals surface area (Å²) in [7, 11) is 2.03. The summed E-state index contributed by atoms with van der Waals surface area (Å²) in [6.07, 6.45) is 2.51. The van der Waals surface area contributed by atoms with Gasteiger partial charge in [-0.3, -0.25) is 4.79 Å². The molecule has 1 heterocycles. The molecule has 0 atom stereocenters. The number of aromatic nitrogens is 1. The van der Waals surface area contributed by atoms with Gasteiger partial charge in [0, 0.05) is 37.2 Å². The van der Waals surface area contributed by atoms with Crippen molar-refractivity contribution in [2.45, 2.75) is 19.9 Å². The fourth-order valence-electron chi connectivity index (χ4n) is 3.02. The van der Waals surface area contributed by atoms with Gasteiger partial charge in [0.1, 0.15) is 0 Å². The van der Waals surface area contributed by atoms with E-state index in [4.69, 9.17) is 0 Å². The van der Waals surface area contributed by atoms with Crippen molar-refractivity contribution in [1.82, 2.24) is 9.47 Å². The van der Waals surface area contributed by atoms with Gasteiger partial charge in [-0.15, -0.1) is 0 Å². The second kappa shape index (κ2) is 6.69. The van der Waals surface area contributed by atoms with E-state index in [9.17, 15) is 4.79 Å². The lowest BCUT2D eigenvalue weighted by atomic mass is 10.1. The summed E-state index contributed by atoms with van der Waals surface area (Å²) in [5.41, 5.74) is 3.43. The first kappa shape index (κ1) is 15.3.